The Hall–Kier alpha value is -3.69. The fraction of sp³-hybridized carbons (Fsp3) is 0.263. The minimum atomic E-state index is -0.878. The van der Waals surface area contributed by atoms with E-state index in [0.717, 1.165) is 12.1 Å². The third-order valence-corrected chi connectivity index (χ3v) is 3.57. The van der Waals surface area contributed by atoms with Crippen LogP contribution in [-0.2, 0) is 14.3 Å². The number of hydrogen-bond donors (Lipinski definition) is 1. The molecule has 0 heterocycles. The van der Waals surface area contributed by atoms with Crippen molar-refractivity contribution < 1.29 is 33.1 Å². The van der Waals surface area contributed by atoms with E-state index in [4.69, 9.17) is 14.2 Å². The molecule has 10 heteroatoms. The minimum absolute atomic E-state index is 0.151. The van der Waals surface area contributed by atoms with Crippen molar-refractivity contribution in [2.75, 3.05) is 25.1 Å². The Labute approximate surface area is 165 Å². The van der Waals surface area contributed by atoms with Crippen LogP contribution in [0.15, 0.2) is 36.4 Å². The van der Waals surface area contributed by atoms with E-state index in [0.29, 0.717) is 0 Å². The highest BCUT2D eigenvalue weighted by Gasteiger charge is 2.21. The molecule has 0 atom stereocenters. The van der Waals surface area contributed by atoms with Crippen LogP contribution in [0.25, 0.3) is 0 Å². The lowest BCUT2D eigenvalue weighted by atomic mass is 10.2. The zero-order valence-electron chi connectivity index (χ0n) is 15.8. The molecule has 1 N–H and O–H groups in total. The van der Waals surface area contributed by atoms with Crippen molar-refractivity contribution in [2.45, 2.75) is 13.8 Å². The summed E-state index contributed by atoms with van der Waals surface area (Å²) in [7, 11) is 0. The molecule has 0 radical (unpaired) electrons. The second-order valence-corrected chi connectivity index (χ2v) is 5.56. The number of benzene rings is 2. The normalized spacial score (nSPS) is 10.2. The van der Waals surface area contributed by atoms with E-state index < -0.39 is 28.4 Å². The summed E-state index contributed by atoms with van der Waals surface area (Å²) in [5, 5.41) is 13.8. The summed E-state index contributed by atoms with van der Waals surface area (Å²) in [4.78, 5) is 33.6. The van der Waals surface area contributed by atoms with Crippen molar-refractivity contribution in [3.05, 3.63) is 57.9 Å². The fourth-order valence-corrected chi connectivity index (χ4v) is 2.29. The van der Waals surface area contributed by atoms with Crippen LogP contribution in [0.4, 0.5) is 15.8 Å². The highest BCUT2D eigenvalue weighted by Crippen LogP contribution is 2.34. The Balaban J connectivity index is 2.21. The molecule has 0 spiro atoms. The summed E-state index contributed by atoms with van der Waals surface area (Å²) in [6.45, 7) is 3.31. The first-order valence-corrected chi connectivity index (χ1v) is 8.68. The number of carbonyl (C=O) groups excluding carboxylic acids is 2. The van der Waals surface area contributed by atoms with Gasteiger partial charge in [0.15, 0.2) is 11.6 Å². The minimum Gasteiger partial charge on any atom is -0.465 e. The zero-order chi connectivity index (χ0) is 21.4. The van der Waals surface area contributed by atoms with Gasteiger partial charge in [-0.05, 0) is 38.1 Å². The molecular weight excluding hydrogens is 387 g/mol. The molecule has 0 fully saturated rings. The molecule has 0 saturated heterocycles. The maximum atomic E-state index is 14.4. The summed E-state index contributed by atoms with van der Waals surface area (Å²) in [5.41, 5.74) is -0.386. The number of nitrogens with one attached hydrogen (secondary N) is 1. The monoisotopic (exact) mass is 406 g/mol. The molecule has 0 amide bonds. The van der Waals surface area contributed by atoms with Crippen LogP contribution in [0.5, 0.6) is 11.5 Å². The number of nitro benzene ring substituents is 1. The number of nitrogens with zero attached hydrogens (tertiary/aromatic N) is 1. The summed E-state index contributed by atoms with van der Waals surface area (Å²) in [6.07, 6.45) is 0. The average molecular weight is 406 g/mol. The number of ether oxygens (including phenoxy) is 3. The van der Waals surface area contributed by atoms with Crippen LogP contribution in [0.3, 0.4) is 0 Å². The van der Waals surface area contributed by atoms with Gasteiger partial charge >= 0.3 is 11.9 Å². The van der Waals surface area contributed by atoms with E-state index in [1.807, 2.05) is 0 Å². The van der Waals surface area contributed by atoms with Crippen LogP contribution in [0, 0.1) is 15.9 Å². The SMILES string of the molecule is CCOC(=O)CNc1cc(F)c(Oc2ccc(C(=O)OCC)cc2)cc1[N+](=O)[O-]. The quantitative estimate of drug-likeness (QED) is 0.381. The Morgan fingerprint density at radius 3 is 2.34 bits per heavy atom. The largest absolute Gasteiger partial charge is 0.465 e. The van der Waals surface area contributed by atoms with Gasteiger partial charge in [-0.1, -0.05) is 0 Å². The van der Waals surface area contributed by atoms with E-state index >= 15 is 0 Å². The zero-order valence-corrected chi connectivity index (χ0v) is 15.8. The van der Waals surface area contributed by atoms with Gasteiger partial charge in [0.05, 0.1) is 29.8 Å². The number of rotatable bonds is 9. The number of halogens is 1. The van der Waals surface area contributed by atoms with Crippen molar-refractivity contribution in [2.24, 2.45) is 0 Å². The highest BCUT2D eigenvalue weighted by molar-refractivity contribution is 5.89. The van der Waals surface area contributed by atoms with E-state index in [1.165, 1.54) is 24.3 Å². The predicted octanol–water partition coefficient (Wildman–Crippen LogP) is 3.68. The van der Waals surface area contributed by atoms with E-state index in [-0.39, 0.29) is 42.5 Å². The number of hydrogen-bond acceptors (Lipinski definition) is 8. The number of nitro groups is 1. The Morgan fingerprint density at radius 1 is 1.10 bits per heavy atom. The number of carbonyl (C=O) groups is 2. The Kier molecular flexibility index (Phi) is 7.47. The van der Waals surface area contributed by atoms with E-state index in [9.17, 15) is 24.1 Å². The van der Waals surface area contributed by atoms with Crippen LogP contribution < -0.4 is 10.1 Å². The molecule has 0 aromatic heterocycles. The smallest absolute Gasteiger partial charge is 0.338 e. The maximum Gasteiger partial charge on any atom is 0.338 e. The van der Waals surface area contributed by atoms with Crippen LogP contribution in [-0.4, -0.2) is 36.6 Å². The molecule has 0 saturated carbocycles. The Morgan fingerprint density at radius 2 is 1.76 bits per heavy atom. The van der Waals surface area contributed by atoms with E-state index in [2.05, 4.69) is 5.32 Å². The first-order chi connectivity index (χ1) is 13.8. The van der Waals surface area contributed by atoms with Gasteiger partial charge in [-0.25, -0.2) is 9.18 Å². The first kappa shape index (κ1) is 21.6. The second kappa shape index (κ2) is 10.0. The molecule has 154 valence electrons. The van der Waals surface area contributed by atoms with Gasteiger partial charge in [-0.15, -0.1) is 0 Å². The van der Waals surface area contributed by atoms with Crippen LogP contribution >= 0.6 is 0 Å². The molecular formula is C19H19FN2O7. The third-order valence-electron chi connectivity index (χ3n) is 3.57. The van der Waals surface area contributed by atoms with Crippen LogP contribution in [0.2, 0.25) is 0 Å². The third kappa shape index (κ3) is 5.89. The van der Waals surface area contributed by atoms with Gasteiger partial charge in [0.1, 0.15) is 18.0 Å². The molecule has 2 rings (SSSR count). The van der Waals surface area contributed by atoms with E-state index in [1.54, 1.807) is 13.8 Å². The molecule has 29 heavy (non-hydrogen) atoms. The van der Waals surface area contributed by atoms with Gasteiger partial charge in [0.2, 0.25) is 0 Å². The lowest BCUT2D eigenvalue weighted by Gasteiger charge is -2.11. The molecule has 9 nitrogen and oxygen atoms in total. The van der Waals surface area contributed by atoms with Gasteiger partial charge < -0.3 is 19.5 Å². The van der Waals surface area contributed by atoms with Gasteiger partial charge in [0.25, 0.3) is 5.69 Å². The van der Waals surface area contributed by atoms with Crippen molar-refractivity contribution in [3.8, 4) is 11.5 Å². The summed E-state index contributed by atoms with van der Waals surface area (Å²) < 4.78 is 29.3. The standard InChI is InChI=1S/C19H19FN2O7/c1-3-27-18(23)11-21-15-9-14(20)17(10-16(15)22(25)26)29-13-7-5-12(6-8-13)19(24)28-4-2/h5-10,21H,3-4,11H2,1-2H3. The highest BCUT2D eigenvalue weighted by atomic mass is 19.1. The van der Waals surface area contributed by atoms with Crippen molar-refractivity contribution in [3.63, 3.8) is 0 Å². The van der Waals surface area contributed by atoms with Crippen LogP contribution in [0.1, 0.15) is 24.2 Å². The molecule has 0 aliphatic rings. The first-order valence-electron chi connectivity index (χ1n) is 8.68. The topological polar surface area (TPSA) is 117 Å². The summed E-state index contributed by atoms with van der Waals surface area (Å²) in [5.74, 6) is -2.25. The lowest BCUT2D eigenvalue weighted by molar-refractivity contribution is -0.384. The molecule has 2 aromatic carbocycles. The molecule has 2 aromatic rings. The van der Waals surface area contributed by atoms with Crippen molar-refractivity contribution in [1.29, 1.82) is 0 Å². The predicted molar refractivity (Wildman–Crippen MR) is 101 cm³/mol. The van der Waals surface area contributed by atoms with Gasteiger partial charge in [-0.2, -0.15) is 0 Å². The van der Waals surface area contributed by atoms with Gasteiger partial charge in [0, 0.05) is 6.07 Å². The number of esters is 2. The number of anilines is 1. The molecule has 0 bridgehead atoms. The molecule has 0 unspecified atom stereocenters. The molecule has 0 aliphatic carbocycles. The summed E-state index contributed by atoms with van der Waals surface area (Å²) >= 11 is 0. The Bertz CT molecular complexity index is 900. The fourth-order valence-electron chi connectivity index (χ4n) is 2.29. The summed E-state index contributed by atoms with van der Waals surface area (Å²) in [6, 6.07) is 7.43. The lowest BCUT2D eigenvalue weighted by Crippen LogP contribution is -2.17. The second-order valence-electron chi connectivity index (χ2n) is 5.56. The maximum absolute atomic E-state index is 14.4. The molecule has 0 aliphatic heterocycles. The van der Waals surface area contributed by atoms with Crippen molar-refractivity contribution >= 4 is 23.3 Å². The average Bonchev–Trinajstić information content (AvgIpc) is 2.68. The van der Waals surface area contributed by atoms with Crippen molar-refractivity contribution in [1.82, 2.24) is 0 Å². The van der Waals surface area contributed by atoms with Gasteiger partial charge in [-0.3, -0.25) is 14.9 Å².